The van der Waals surface area contributed by atoms with E-state index in [-0.39, 0.29) is 0 Å². The number of nitrogens with one attached hydrogen (secondary N) is 1. The highest BCUT2D eigenvalue weighted by Gasteiger charge is 2.33. The number of aryl methyl sites for hydroxylation is 1. The Kier molecular flexibility index (Phi) is 3.90. The van der Waals surface area contributed by atoms with Crippen LogP contribution in [0.2, 0.25) is 0 Å². The first-order valence-electron chi connectivity index (χ1n) is 7.78. The Balaban J connectivity index is 1.80. The van der Waals surface area contributed by atoms with Crippen molar-refractivity contribution >= 4 is 0 Å². The molecule has 2 atom stereocenters. The summed E-state index contributed by atoms with van der Waals surface area (Å²) >= 11 is 0. The van der Waals surface area contributed by atoms with Crippen molar-refractivity contribution in [3.05, 3.63) is 35.4 Å². The van der Waals surface area contributed by atoms with Gasteiger partial charge in [-0.1, -0.05) is 31.2 Å². The van der Waals surface area contributed by atoms with E-state index >= 15 is 0 Å². The van der Waals surface area contributed by atoms with E-state index in [1.165, 1.54) is 44.3 Å². The molecule has 0 saturated carbocycles. The molecule has 1 N–H and O–H groups in total. The zero-order chi connectivity index (χ0) is 13.2. The van der Waals surface area contributed by atoms with Crippen LogP contribution >= 0.6 is 0 Å². The van der Waals surface area contributed by atoms with E-state index in [1.54, 1.807) is 5.56 Å². The summed E-state index contributed by atoms with van der Waals surface area (Å²) in [7, 11) is 2.12. The maximum Gasteiger partial charge on any atom is 0.0478 e. The summed E-state index contributed by atoms with van der Waals surface area (Å²) in [6.45, 7) is 4.96. The van der Waals surface area contributed by atoms with Gasteiger partial charge in [0.2, 0.25) is 0 Å². The first-order valence-corrected chi connectivity index (χ1v) is 7.78. The molecule has 0 amide bonds. The Bertz CT molecular complexity index is 421. The molecule has 1 aromatic carbocycles. The predicted octanol–water partition coefficient (Wildman–Crippen LogP) is 2.99. The van der Waals surface area contributed by atoms with E-state index in [4.69, 9.17) is 0 Å². The molecule has 19 heavy (non-hydrogen) atoms. The molecule has 0 aromatic heterocycles. The lowest BCUT2D eigenvalue weighted by atomic mass is 9.82. The Morgan fingerprint density at radius 1 is 1.11 bits per heavy atom. The molecule has 1 aliphatic carbocycles. The van der Waals surface area contributed by atoms with Crippen LogP contribution in [0.3, 0.4) is 0 Å². The maximum absolute atomic E-state index is 3.58. The number of hydrogen-bond acceptors (Lipinski definition) is 2. The summed E-state index contributed by atoms with van der Waals surface area (Å²) < 4.78 is 0. The number of likely N-dealkylation sites (N-methyl/N-ethyl adjacent to an activating group) is 1. The number of rotatable bonds is 2. The van der Waals surface area contributed by atoms with Gasteiger partial charge in [0.25, 0.3) is 0 Å². The van der Waals surface area contributed by atoms with Crippen LogP contribution in [0.25, 0.3) is 0 Å². The zero-order valence-electron chi connectivity index (χ0n) is 12.2. The first kappa shape index (κ1) is 13.1. The molecule has 1 aromatic rings. The van der Waals surface area contributed by atoms with Crippen LogP contribution in [0.5, 0.6) is 0 Å². The second kappa shape index (κ2) is 5.64. The van der Waals surface area contributed by atoms with Gasteiger partial charge in [0, 0.05) is 12.1 Å². The molecule has 2 heteroatoms. The maximum atomic E-state index is 3.58. The second-order valence-electron chi connectivity index (χ2n) is 6.29. The van der Waals surface area contributed by atoms with E-state index in [1.807, 2.05) is 0 Å². The van der Waals surface area contributed by atoms with Crippen LogP contribution in [0.15, 0.2) is 24.3 Å². The van der Waals surface area contributed by atoms with Gasteiger partial charge in [0.15, 0.2) is 0 Å². The molecule has 1 saturated heterocycles. The summed E-state index contributed by atoms with van der Waals surface area (Å²) in [5, 5.41) is 3.58. The van der Waals surface area contributed by atoms with Crippen molar-refractivity contribution in [3.63, 3.8) is 0 Å². The number of benzene rings is 1. The van der Waals surface area contributed by atoms with Crippen LogP contribution < -0.4 is 5.32 Å². The van der Waals surface area contributed by atoms with Crippen molar-refractivity contribution in [1.82, 2.24) is 10.2 Å². The van der Waals surface area contributed by atoms with Crippen molar-refractivity contribution < 1.29 is 0 Å². The number of likely N-dealkylation sites (tertiary alicyclic amines) is 1. The summed E-state index contributed by atoms with van der Waals surface area (Å²) in [4.78, 5) is 2.73. The Morgan fingerprint density at radius 2 is 1.84 bits per heavy atom. The largest absolute Gasteiger partial charge is 0.312 e. The average Bonchev–Trinajstić information content (AvgIpc) is 2.47. The third kappa shape index (κ3) is 2.56. The van der Waals surface area contributed by atoms with Gasteiger partial charge in [-0.25, -0.2) is 0 Å². The van der Waals surface area contributed by atoms with Gasteiger partial charge in [-0.05, 0) is 62.9 Å². The molecular formula is C17H26N2. The predicted molar refractivity (Wildman–Crippen MR) is 80.3 cm³/mol. The fourth-order valence-electron chi connectivity index (χ4n) is 3.84. The van der Waals surface area contributed by atoms with Gasteiger partial charge in [0.1, 0.15) is 0 Å². The van der Waals surface area contributed by atoms with E-state index in [0.717, 1.165) is 5.92 Å². The quantitative estimate of drug-likeness (QED) is 0.877. The highest BCUT2D eigenvalue weighted by molar-refractivity contribution is 5.34. The van der Waals surface area contributed by atoms with Gasteiger partial charge in [0.05, 0.1) is 0 Å². The number of nitrogens with zero attached hydrogens (tertiary/aromatic N) is 1. The molecule has 0 spiro atoms. The lowest BCUT2D eigenvalue weighted by Gasteiger charge is -2.43. The summed E-state index contributed by atoms with van der Waals surface area (Å²) in [5.74, 6) is 0.917. The molecule has 2 unspecified atom stereocenters. The topological polar surface area (TPSA) is 15.3 Å². The Morgan fingerprint density at radius 3 is 2.58 bits per heavy atom. The summed E-state index contributed by atoms with van der Waals surface area (Å²) in [6.07, 6.45) is 5.28. The van der Waals surface area contributed by atoms with Gasteiger partial charge in [-0.15, -0.1) is 0 Å². The molecule has 1 heterocycles. The standard InChI is InChI=1S/C17H26N2/c1-13-9-11-19(12-10-13)16-8-7-14-5-3-4-6-15(14)17(16)18-2/h3-6,13,16-18H,7-12H2,1-2H3. The molecule has 2 aliphatic rings. The molecule has 1 aliphatic heterocycles. The van der Waals surface area contributed by atoms with Crippen molar-refractivity contribution in [1.29, 1.82) is 0 Å². The van der Waals surface area contributed by atoms with Crippen LogP contribution in [0.4, 0.5) is 0 Å². The fourth-order valence-corrected chi connectivity index (χ4v) is 3.84. The summed E-state index contributed by atoms with van der Waals surface area (Å²) in [6, 6.07) is 10.2. The third-order valence-electron chi connectivity index (χ3n) is 5.08. The highest BCUT2D eigenvalue weighted by Crippen LogP contribution is 2.34. The van der Waals surface area contributed by atoms with Crippen LogP contribution in [-0.2, 0) is 6.42 Å². The lowest BCUT2D eigenvalue weighted by Crippen LogP contribution is -2.49. The van der Waals surface area contributed by atoms with Crippen molar-refractivity contribution in [2.45, 2.75) is 44.7 Å². The van der Waals surface area contributed by atoms with Crippen LogP contribution in [0.1, 0.15) is 43.4 Å². The van der Waals surface area contributed by atoms with E-state index < -0.39 is 0 Å². The summed E-state index contributed by atoms with van der Waals surface area (Å²) in [5.41, 5.74) is 3.07. The van der Waals surface area contributed by atoms with Crippen LogP contribution in [0, 0.1) is 5.92 Å². The van der Waals surface area contributed by atoms with Crippen molar-refractivity contribution in [3.8, 4) is 0 Å². The van der Waals surface area contributed by atoms with Gasteiger partial charge < -0.3 is 5.32 Å². The minimum Gasteiger partial charge on any atom is -0.312 e. The van der Waals surface area contributed by atoms with Gasteiger partial charge in [-0.3, -0.25) is 4.90 Å². The molecule has 104 valence electrons. The van der Waals surface area contributed by atoms with Gasteiger partial charge >= 0.3 is 0 Å². The smallest absolute Gasteiger partial charge is 0.0478 e. The molecule has 3 rings (SSSR count). The minimum absolute atomic E-state index is 0.512. The first-order chi connectivity index (χ1) is 9.29. The molecule has 1 fully saturated rings. The highest BCUT2D eigenvalue weighted by atomic mass is 15.2. The number of fused-ring (bicyclic) bond motifs is 1. The Labute approximate surface area is 117 Å². The molecule has 0 radical (unpaired) electrons. The SMILES string of the molecule is CNC1c2ccccc2CCC1N1CCC(C)CC1. The second-order valence-corrected chi connectivity index (χ2v) is 6.29. The average molecular weight is 258 g/mol. The van der Waals surface area contributed by atoms with E-state index in [2.05, 4.69) is 48.5 Å². The minimum atomic E-state index is 0.512. The van der Waals surface area contributed by atoms with Gasteiger partial charge in [-0.2, -0.15) is 0 Å². The van der Waals surface area contributed by atoms with Crippen LogP contribution in [-0.4, -0.2) is 31.1 Å². The zero-order valence-corrected chi connectivity index (χ0v) is 12.2. The number of piperidine rings is 1. The number of hydrogen-bond donors (Lipinski definition) is 1. The van der Waals surface area contributed by atoms with E-state index in [0.29, 0.717) is 12.1 Å². The Hall–Kier alpha value is -0.860. The lowest BCUT2D eigenvalue weighted by molar-refractivity contribution is 0.101. The van der Waals surface area contributed by atoms with Crippen molar-refractivity contribution in [2.24, 2.45) is 5.92 Å². The molecule has 2 nitrogen and oxygen atoms in total. The normalized spacial score (nSPS) is 29.2. The monoisotopic (exact) mass is 258 g/mol. The molecule has 0 bridgehead atoms. The third-order valence-corrected chi connectivity index (χ3v) is 5.08. The van der Waals surface area contributed by atoms with E-state index in [9.17, 15) is 0 Å². The molecular weight excluding hydrogens is 232 g/mol. The fraction of sp³-hybridized carbons (Fsp3) is 0.647. The van der Waals surface area contributed by atoms with Crippen molar-refractivity contribution in [2.75, 3.05) is 20.1 Å².